The van der Waals surface area contributed by atoms with Crippen LogP contribution in [0.2, 0.25) is 5.02 Å². The molecule has 1 aromatic heterocycles. The normalized spacial score (nSPS) is 16.4. The lowest BCUT2D eigenvalue weighted by Crippen LogP contribution is -2.27. The van der Waals surface area contributed by atoms with Crippen molar-refractivity contribution in [2.75, 3.05) is 13.2 Å². The second-order valence-electron chi connectivity index (χ2n) is 6.91. The third kappa shape index (κ3) is 3.54. The third-order valence-electron chi connectivity index (χ3n) is 4.77. The summed E-state index contributed by atoms with van der Waals surface area (Å²) in [6, 6.07) is 5.39. The molecule has 1 aliphatic heterocycles. The van der Waals surface area contributed by atoms with Gasteiger partial charge in [-0.1, -0.05) is 30.6 Å². The number of carbonyl (C=O) groups excluding carboxylic acids is 1. The lowest BCUT2D eigenvalue weighted by molar-refractivity contribution is 0.0521. The van der Waals surface area contributed by atoms with Gasteiger partial charge in [-0.2, -0.15) is 0 Å². The molecule has 144 valence electrons. The first-order chi connectivity index (χ1) is 12.9. The van der Waals surface area contributed by atoms with E-state index in [-0.39, 0.29) is 29.5 Å². The largest absolute Gasteiger partial charge is 0.491 e. The Balaban J connectivity index is 2.32. The summed E-state index contributed by atoms with van der Waals surface area (Å²) in [5.74, 6) is 0.420. The summed E-state index contributed by atoms with van der Waals surface area (Å²) in [5, 5.41) is 13.5. The maximum Gasteiger partial charge on any atom is 0.341 e. The van der Waals surface area contributed by atoms with Crippen molar-refractivity contribution in [3.8, 4) is 17.0 Å². The van der Waals surface area contributed by atoms with E-state index in [2.05, 4.69) is 19.0 Å². The minimum Gasteiger partial charge on any atom is -0.491 e. The van der Waals surface area contributed by atoms with Gasteiger partial charge in [-0.05, 0) is 43.5 Å². The van der Waals surface area contributed by atoms with Crippen molar-refractivity contribution in [2.45, 2.75) is 33.7 Å². The van der Waals surface area contributed by atoms with Crippen LogP contribution in [0.15, 0.2) is 29.6 Å². The fraction of sp³-hybridized carbons (Fsp3) is 0.400. The van der Waals surface area contributed by atoms with Gasteiger partial charge in [-0.3, -0.25) is 0 Å². The van der Waals surface area contributed by atoms with Crippen molar-refractivity contribution in [3.05, 3.63) is 45.9 Å². The van der Waals surface area contributed by atoms with Crippen LogP contribution in [-0.2, 0) is 4.74 Å². The number of benzene rings is 1. The Kier molecular flexibility index (Phi) is 5.46. The fourth-order valence-electron chi connectivity index (χ4n) is 3.24. The summed E-state index contributed by atoms with van der Waals surface area (Å²) < 4.78 is 13.2. The molecule has 0 bridgehead atoms. The number of fused-ring (bicyclic) bond motifs is 3. The molecule has 3 rings (SSSR count). The SMILES string of the molecule is CCOC(=O)c1cn2c(c/c1=N\O)-c1cc(Cl)c(C)cc1OCC2C(C)C. The first kappa shape index (κ1) is 19.3. The van der Waals surface area contributed by atoms with Crippen molar-refractivity contribution < 1.29 is 19.5 Å². The molecule has 1 unspecified atom stereocenters. The van der Waals surface area contributed by atoms with Gasteiger partial charge >= 0.3 is 5.97 Å². The molecule has 27 heavy (non-hydrogen) atoms. The number of hydrogen-bond acceptors (Lipinski definition) is 5. The quantitative estimate of drug-likeness (QED) is 0.485. The van der Waals surface area contributed by atoms with Crippen molar-refractivity contribution in [1.29, 1.82) is 0 Å². The highest BCUT2D eigenvalue weighted by Crippen LogP contribution is 2.39. The number of nitrogens with zero attached hydrogens (tertiary/aromatic N) is 2. The van der Waals surface area contributed by atoms with Crippen LogP contribution in [0.4, 0.5) is 0 Å². The van der Waals surface area contributed by atoms with Crippen LogP contribution in [-0.4, -0.2) is 29.0 Å². The molecule has 6 nitrogen and oxygen atoms in total. The summed E-state index contributed by atoms with van der Waals surface area (Å²) >= 11 is 6.35. The number of aryl methyl sites for hydroxylation is 1. The number of esters is 1. The predicted octanol–water partition coefficient (Wildman–Crippen LogP) is 4.17. The lowest BCUT2D eigenvalue weighted by atomic mass is 10.0. The van der Waals surface area contributed by atoms with Crippen LogP contribution < -0.4 is 10.1 Å². The van der Waals surface area contributed by atoms with Crippen LogP contribution in [0, 0.1) is 12.8 Å². The molecule has 1 aromatic carbocycles. The molecule has 0 spiro atoms. The maximum atomic E-state index is 12.4. The van der Waals surface area contributed by atoms with Crippen LogP contribution in [0.25, 0.3) is 11.3 Å². The Morgan fingerprint density at radius 1 is 1.44 bits per heavy atom. The average molecular weight is 391 g/mol. The standard InChI is InChI=1S/C20H23ClN2O4/c1-5-26-20(24)14-9-23-17(8-16(14)22-25)13-7-15(21)12(4)6-19(13)27-10-18(23)11(2)3/h6-9,11,18,25H,5,10H2,1-4H3/b22-16+. The van der Waals surface area contributed by atoms with Gasteiger partial charge in [0, 0.05) is 16.8 Å². The van der Waals surface area contributed by atoms with Gasteiger partial charge in [-0.25, -0.2) is 4.79 Å². The van der Waals surface area contributed by atoms with Gasteiger partial charge in [0.05, 0.1) is 18.3 Å². The number of aromatic nitrogens is 1. The molecule has 0 aliphatic carbocycles. The van der Waals surface area contributed by atoms with Gasteiger partial charge in [0.15, 0.2) is 0 Å². The Morgan fingerprint density at radius 2 is 2.19 bits per heavy atom. The van der Waals surface area contributed by atoms with E-state index in [1.807, 2.05) is 23.6 Å². The molecule has 0 fully saturated rings. The van der Waals surface area contributed by atoms with E-state index in [0.717, 1.165) is 16.8 Å². The Morgan fingerprint density at radius 3 is 2.81 bits per heavy atom. The second-order valence-corrected chi connectivity index (χ2v) is 7.31. The van der Waals surface area contributed by atoms with Crippen molar-refractivity contribution >= 4 is 17.6 Å². The number of halogens is 1. The molecule has 2 heterocycles. The lowest BCUT2D eigenvalue weighted by Gasteiger charge is -2.25. The summed E-state index contributed by atoms with van der Waals surface area (Å²) in [4.78, 5) is 12.4. The Bertz CT molecular complexity index is 950. The number of hydrogen-bond donors (Lipinski definition) is 1. The molecule has 1 aliphatic rings. The van der Waals surface area contributed by atoms with E-state index in [0.29, 0.717) is 17.4 Å². The molecule has 1 N–H and O–H groups in total. The molecular weight excluding hydrogens is 368 g/mol. The van der Waals surface area contributed by atoms with Crippen LogP contribution in [0.1, 0.15) is 42.7 Å². The zero-order valence-electron chi connectivity index (χ0n) is 15.8. The average Bonchev–Trinajstić information content (AvgIpc) is 2.78. The van der Waals surface area contributed by atoms with E-state index in [4.69, 9.17) is 21.1 Å². The molecule has 0 radical (unpaired) electrons. The maximum absolute atomic E-state index is 12.4. The molecule has 1 atom stereocenters. The van der Waals surface area contributed by atoms with E-state index >= 15 is 0 Å². The first-order valence-corrected chi connectivity index (χ1v) is 9.29. The van der Waals surface area contributed by atoms with Crippen LogP contribution in [0.5, 0.6) is 5.75 Å². The van der Waals surface area contributed by atoms with E-state index in [1.54, 1.807) is 19.2 Å². The summed E-state index contributed by atoms with van der Waals surface area (Å²) in [7, 11) is 0. The monoisotopic (exact) mass is 390 g/mol. The van der Waals surface area contributed by atoms with Gasteiger partial charge in [0.1, 0.15) is 23.3 Å². The number of carbonyl (C=O) groups is 1. The van der Waals surface area contributed by atoms with Gasteiger partial charge in [-0.15, -0.1) is 0 Å². The Labute approximate surface area is 163 Å². The van der Waals surface area contributed by atoms with Crippen molar-refractivity contribution in [2.24, 2.45) is 11.1 Å². The summed E-state index contributed by atoms with van der Waals surface area (Å²) in [6.07, 6.45) is 1.68. The zero-order valence-corrected chi connectivity index (χ0v) is 16.6. The highest BCUT2D eigenvalue weighted by Gasteiger charge is 2.27. The summed E-state index contributed by atoms with van der Waals surface area (Å²) in [5.41, 5.74) is 2.67. The molecule has 0 saturated heterocycles. The molecule has 0 saturated carbocycles. The minimum absolute atomic E-state index is 0.0209. The molecule has 7 heteroatoms. The highest BCUT2D eigenvalue weighted by molar-refractivity contribution is 6.31. The topological polar surface area (TPSA) is 73.1 Å². The Hall–Kier alpha value is -2.47. The predicted molar refractivity (Wildman–Crippen MR) is 102 cm³/mol. The number of ether oxygens (including phenoxy) is 2. The number of pyridine rings is 1. The van der Waals surface area contributed by atoms with Gasteiger partial charge in [0.2, 0.25) is 0 Å². The minimum atomic E-state index is -0.532. The molecule has 0 amide bonds. The van der Waals surface area contributed by atoms with Crippen molar-refractivity contribution in [1.82, 2.24) is 4.57 Å². The molecule has 2 aromatic rings. The highest BCUT2D eigenvalue weighted by atomic mass is 35.5. The second kappa shape index (κ2) is 7.64. The molecular formula is C20H23ClN2O4. The zero-order chi connectivity index (χ0) is 19.7. The smallest absolute Gasteiger partial charge is 0.341 e. The van der Waals surface area contributed by atoms with E-state index in [1.165, 1.54) is 0 Å². The number of rotatable bonds is 3. The van der Waals surface area contributed by atoms with Crippen LogP contribution in [0.3, 0.4) is 0 Å². The van der Waals surface area contributed by atoms with Gasteiger partial charge < -0.3 is 19.2 Å². The van der Waals surface area contributed by atoms with Crippen molar-refractivity contribution in [3.63, 3.8) is 0 Å². The first-order valence-electron chi connectivity index (χ1n) is 8.92. The van der Waals surface area contributed by atoms with Crippen LogP contribution >= 0.6 is 11.6 Å². The van der Waals surface area contributed by atoms with E-state index < -0.39 is 5.97 Å². The third-order valence-corrected chi connectivity index (χ3v) is 5.18. The van der Waals surface area contributed by atoms with E-state index in [9.17, 15) is 10.0 Å². The fourth-order valence-corrected chi connectivity index (χ4v) is 3.40. The van der Waals surface area contributed by atoms with Gasteiger partial charge in [0.25, 0.3) is 0 Å². The summed E-state index contributed by atoms with van der Waals surface area (Å²) in [6.45, 7) is 8.51.